The first-order valence-corrected chi connectivity index (χ1v) is 9.12. The number of benzene rings is 2. The Morgan fingerprint density at radius 1 is 1.33 bits per heavy atom. The highest BCUT2D eigenvalue weighted by Gasteiger charge is 2.16. The van der Waals surface area contributed by atoms with Crippen LogP contribution in [0.1, 0.15) is 12.5 Å². The predicted octanol–water partition coefficient (Wildman–Crippen LogP) is 3.40. The Morgan fingerprint density at radius 2 is 2.07 bits per heavy atom. The van der Waals surface area contributed by atoms with Gasteiger partial charge in [0.2, 0.25) is 0 Å². The van der Waals surface area contributed by atoms with Gasteiger partial charge in [-0.3, -0.25) is 4.79 Å². The monoisotopic (exact) mass is 451 g/mol. The maximum Gasteiger partial charge on any atom is 0.349 e. The number of ether oxygens (including phenoxy) is 2. The summed E-state index contributed by atoms with van der Waals surface area (Å²) in [5.41, 5.74) is -0.202. The minimum Gasteiger partial charge on any atom is -0.493 e. The van der Waals surface area contributed by atoms with Crippen molar-refractivity contribution in [3.63, 3.8) is 0 Å². The molecule has 0 fully saturated rings. The van der Waals surface area contributed by atoms with Gasteiger partial charge in [-0.25, -0.2) is 4.79 Å². The van der Waals surface area contributed by atoms with Crippen LogP contribution in [0.25, 0.3) is 10.9 Å². The summed E-state index contributed by atoms with van der Waals surface area (Å²) < 4.78 is 12.1. The summed E-state index contributed by atoms with van der Waals surface area (Å²) in [6.45, 7) is 2.25. The minimum absolute atomic E-state index is 0.303. The molecule has 1 aromatic heterocycles. The summed E-state index contributed by atoms with van der Waals surface area (Å²) >= 11 is 9.72. The summed E-state index contributed by atoms with van der Waals surface area (Å²) in [7, 11) is 1.49. The Morgan fingerprint density at radius 3 is 2.78 bits per heavy atom. The van der Waals surface area contributed by atoms with Crippen LogP contribution in [0, 0.1) is 0 Å². The molecule has 0 saturated carbocycles. The molecular weight excluding hydrogens is 438 g/mol. The molecular formula is C18H15BrClN3O4. The summed E-state index contributed by atoms with van der Waals surface area (Å²) in [5, 5.41) is 4.69. The predicted molar refractivity (Wildman–Crippen MR) is 109 cm³/mol. The fourth-order valence-corrected chi connectivity index (χ4v) is 3.16. The van der Waals surface area contributed by atoms with Crippen molar-refractivity contribution in [3.8, 4) is 11.5 Å². The molecule has 0 aliphatic carbocycles. The van der Waals surface area contributed by atoms with Crippen molar-refractivity contribution in [3.05, 3.63) is 66.2 Å². The van der Waals surface area contributed by atoms with Crippen LogP contribution >= 0.6 is 27.5 Å². The van der Waals surface area contributed by atoms with Crippen molar-refractivity contribution in [2.24, 2.45) is 5.10 Å². The van der Waals surface area contributed by atoms with Crippen LogP contribution in [0.4, 0.5) is 0 Å². The fraction of sp³-hybridized carbons (Fsp3) is 0.167. The molecule has 0 aliphatic heterocycles. The lowest BCUT2D eigenvalue weighted by Gasteiger charge is -2.13. The Bertz CT molecular complexity index is 1150. The van der Waals surface area contributed by atoms with Gasteiger partial charge in [-0.2, -0.15) is 5.10 Å². The Hall–Kier alpha value is -2.58. The SMILES string of the molecule is CCOc1c(OC)cc(C=Nn2c(=O)[nH]c3ccccc3c2=O)c(Br)c1Cl. The van der Waals surface area contributed by atoms with Crippen LogP contribution < -0.4 is 20.7 Å². The van der Waals surface area contributed by atoms with E-state index < -0.39 is 11.2 Å². The largest absolute Gasteiger partial charge is 0.493 e. The van der Waals surface area contributed by atoms with Gasteiger partial charge in [0.25, 0.3) is 5.56 Å². The maximum absolute atomic E-state index is 12.5. The molecule has 27 heavy (non-hydrogen) atoms. The van der Waals surface area contributed by atoms with Gasteiger partial charge >= 0.3 is 5.69 Å². The molecule has 3 aromatic rings. The van der Waals surface area contributed by atoms with E-state index in [1.54, 1.807) is 30.3 Å². The molecule has 0 saturated heterocycles. The molecule has 0 unspecified atom stereocenters. The van der Waals surface area contributed by atoms with Crippen LogP contribution in [0.3, 0.4) is 0 Å². The van der Waals surface area contributed by atoms with Crippen molar-refractivity contribution in [1.82, 2.24) is 9.66 Å². The fourth-order valence-electron chi connectivity index (χ4n) is 2.51. The number of aromatic nitrogens is 2. The first kappa shape index (κ1) is 19.2. The quantitative estimate of drug-likeness (QED) is 0.601. The molecule has 1 heterocycles. The van der Waals surface area contributed by atoms with E-state index >= 15 is 0 Å². The van der Waals surface area contributed by atoms with Crippen LogP contribution in [0.5, 0.6) is 11.5 Å². The van der Waals surface area contributed by atoms with Crippen molar-refractivity contribution in [2.45, 2.75) is 6.92 Å². The van der Waals surface area contributed by atoms with Gasteiger partial charge in [0.1, 0.15) is 5.02 Å². The number of halogens is 2. The van der Waals surface area contributed by atoms with E-state index in [2.05, 4.69) is 26.0 Å². The van der Waals surface area contributed by atoms with Crippen molar-refractivity contribution >= 4 is 44.6 Å². The standard InChI is InChI=1S/C18H15BrClN3O4/c1-3-27-16-13(26-2)8-10(14(19)15(16)20)9-21-23-17(24)11-6-4-5-7-12(11)22-18(23)25/h4-9H,3H2,1-2H3,(H,22,25). The second-order valence-corrected chi connectivity index (χ2v) is 6.57. The van der Waals surface area contributed by atoms with Crippen LogP contribution in [-0.2, 0) is 0 Å². The zero-order valence-electron chi connectivity index (χ0n) is 14.5. The first-order valence-electron chi connectivity index (χ1n) is 7.95. The summed E-state index contributed by atoms with van der Waals surface area (Å²) in [6.07, 6.45) is 1.35. The van der Waals surface area contributed by atoms with E-state index in [1.165, 1.54) is 13.3 Å². The molecule has 9 heteroatoms. The maximum atomic E-state index is 12.5. The Kier molecular flexibility index (Phi) is 5.67. The lowest BCUT2D eigenvalue weighted by atomic mass is 10.2. The molecule has 0 amide bonds. The van der Waals surface area contributed by atoms with Crippen molar-refractivity contribution in [2.75, 3.05) is 13.7 Å². The third-order valence-electron chi connectivity index (χ3n) is 3.76. The number of H-pyrrole nitrogens is 1. The topological polar surface area (TPSA) is 85.7 Å². The van der Waals surface area contributed by atoms with Gasteiger partial charge in [0.05, 0.1) is 30.8 Å². The molecule has 0 atom stereocenters. The number of hydrogen-bond donors (Lipinski definition) is 1. The molecule has 0 radical (unpaired) electrons. The number of aromatic amines is 1. The third-order valence-corrected chi connectivity index (χ3v) is 5.20. The number of hydrogen-bond acceptors (Lipinski definition) is 5. The average molecular weight is 453 g/mol. The van der Waals surface area contributed by atoms with E-state index in [9.17, 15) is 9.59 Å². The molecule has 0 aliphatic rings. The second kappa shape index (κ2) is 7.98. The second-order valence-electron chi connectivity index (χ2n) is 5.40. The van der Waals surface area contributed by atoms with Gasteiger partial charge < -0.3 is 14.5 Å². The van der Waals surface area contributed by atoms with Gasteiger partial charge in [-0.1, -0.05) is 23.7 Å². The zero-order chi connectivity index (χ0) is 19.6. The molecule has 0 bridgehead atoms. The molecule has 3 rings (SSSR count). The van der Waals surface area contributed by atoms with Gasteiger partial charge in [0.15, 0.2) is 11.5 Å². The number of nitrogens with one attached hydrogen (secondary N) is 1. The highest BCUT2D eigenvalue weighted by Crippen LogP contribution is 2.42. The molecule has 140 valence electrons. The zero-order valence-corrected chi connectivity index (χ0v) is 16.8. The molecule has 7 nitrogen and oxygen atoms in total. The van der Waals surface area contributed by atoms with Crippen LogP contribution in [0.15, 0.2) is 49.5 Å². The van der Waals surface area contributed by atoms with Crippen molar-refractivity contribution < 1.29 is 9.47 Å². The lowest BCUT2D eigenvalue weighted by Crippen LogP contribution is -2.32. The Balaban J connectivity index is 2.12. The third kappa shape index (κ3) is 3.63. The van der Waals surface area contributed by atoms with Crippen LogP contribution in [-0.4, -0.2) is 29.6 Å². The van der Waals surface area contributed by atoms with E-state index in [0.29, 0.717) is 44.1 Å². The van der Waals surface area contributed by atoms with E-state index in [0.717, 1.165) is 4.68 Å². The number of methoxy groups -OCH3 is 1. The Labute approximate surface area is 167 Å². The average Bonchev–Trinajstić information content (AvgIpc) is 2.67. The highest BCUT2D eigenvalue weighted by atomic mass is 79.9. The number of fused-ring (bicyclic) bond motifs is 1. The molecule has 1 N–H and O–H groups in total. The number of nitrogens with zero attached hydrogens (tertiary/aromatic N) is 2. The molecule has 2 aromatic carbocycles. The number of para-hydroxylation sites is 1. The molecule has 0 spiro atoms. The van der Waals surface area contributed by atoms with Gasteiger partial charge in [-0.15, -0.1) is 4.68 Å². The minimum atomic E-state index is -0.643. The van der Waals surface area contributed by atoms with Crippen LogP contribution in [0.2, 0.25) is 5.02 Å². The lowest BCUT2D eigenvalue weighted by molar-refractivity contribution is 0.311. The van der Waals surface area contributed by atoms with Gasteiger partial charge in [-0.05, 0) is 41.1 Å². The smallest absolute Gasteiger partial charge is 0.349 e. The van der Waals surface area contributed by atoms with E-state index in [4.69, 9.17) is 21.1 Å². The summed E-state index contributed by atoms with van der Waals surface area (Å²) in [5.74, 6) is 0.803. The number of rotatable bonds is 5. The van der Waals surface area contributed by atoms with Crippen molar-refractivity contribution in [1.29, 1.82) is 0 Å². The summed E-state index contributed by atoms with van der Waals surface area (Å²) in [6, 6.07) is 8.36. The highest BCUT2D eigenvalue weighted by molar-refractivity contribution is 9.10. The first-order chi connectivity index (χ1) is 13.0. The van der Waals surface area contributed by atoms with E-state index in [-0.39, 0.29) is 0 Å². The normalized spacial score (nSPS) is 11.3. The summed E-state index contributed by atoms with van der Waals surface area (Å²) in [4.78, 5) is 27.4. The van der Waals surface area contributed by atoms with E-state index in [1.807, 2.05) is 6.92 Å². The van der Waals surface area contributed by atoms with Gasteiger partial charge in [0, 0.05) is 10.0 Å².